The van der Waals surface area contributed by atoms with E-state index in [1.165, 1.54) is 18.5 Å². The van der Waals surface area contributed by atoms with Crippen LogP contribution in [0.3, 0.4) is 0 Å². The summed E-state index contributed by atoms with van der Waals surface area (Å²) in [6, 6.07) is 8.16. The summed E-state index contributed by atoms with van der Waals surface area (Å²) >= 11 is 0. The summed E-state index contributed by atoms with van der Waals surface area (Å²) < 4.78 is 0. The van der Waals surface area contributed by atoms with E-state index in [1.807, 2.05) is 12.1 Å². The first-order chi connectivity index (χ1) is 10.2. The van der Waals surface area contributed by atoms with Gasteiger partial charge in [-0.2, -0.15) is 0 Å². The number of benzene rings is 1. The summed E-state index contributed by atoms with van der Waals surface area (Å²) in [6.07, 6.45) is 3.45. The van der Waals surface area contributed by atoms with Crippen LogP contribution in [0, 0.1) is 0 Å². The van der Waals surface area contributed by atoms with Crippen LogP contribution >= 0.6 is 0 Å². The van der Waals surface area contributed by atoms with E-state index >= 15 is 0 Å². The Balaban J connectivity index is 1.81. The van der Waals surface area contributed by atoms with Gasteiger partial charge in [0.05, 0.1) is 6.54 Å². The Morgan fingerprint density at radius 2 is 1.57 bits per heavy atom. The number of carbonyl (C=O) groups excluding carboxylic acids is 1. The molecule has 0 radical (unpaired) electrons. The zero-order chi connectivity index (χ0) is 15.1. The predicted molar refractivity (Wildman–Crippen MR) is 87.9 cm³/mol. The van der Waals surface area contributed by atoms with Crippen LogP contribution in [0.2, 0.25) is 0 Å². The monoisotopic (exact) mass is 288 g/mol. The summed E-state index contributed by atoms with van der Waals surface area (Å²) in [6.45, 7) is 10.4. The zero-order valence-electron chi connectivity index (χ0n) is 13.5. The van der Waals surface area contributed by atoms with Gasteiger partial charge in [0.15, 0.2) is 5.78 Å². The molecule has 2 rings (SSSR count). The maximum atomic E-state index is 12.3. The van der Waals surface area contributed by atoms with Crippen molar-refractivity contribution in [2.24, 2.45) is 0 Å². The molecule has 3 heteroatoms. The lowest BCUT2D eigenvalue weighted by Crippen LogP contribution is -2.47. The average molecular weight is 288 g/mol. The van der Waals surface area contributed by atoms with Gasteiger partial charge in [-0.3, -0.25) is 9.69 Å². The highest BCUT2D eigenvalue weighted by Gasteiger charge is 2.18. The lowest BCUT2D eigenvalue weighted by molar-refractivity contribution is 0.0853. The standard InChI is InChI=1S/C18H28N2O/c1-3-5-16-6-8-17(9-7-16)18(21)15-20-13-11-19(10-4-2)12-14-20/h6-9H,3-5,10-15H2,1-2H3. The van der Waals surface area contributed by atoms with Gasteiger partial charge in [-0.15, -0.1) is 0 Å². The maximum Gasteiger partial charge on any atom is 0.176 e. The number of piperazine rings is 1. The van der Waals surface area contributed by atoms with Gasteiger partial charge in [-0.25, -0.2) is 0 Å². The van der Waals surface area contributed by atoms with Gasteiger partial charge >= 0.3 is 0 Å². The molecule has 0 atom stereocenters. The SMILES string of the molecule is CCCc1ccc(C(=O)CN2CCN(CCC)CC2)cc1. The Hall–Kier alpha value is -1.19. The molecule has 0 unspecified atom stereocenters. The van der Waals surface area contributed by atoms with Crippen molar-refractivity contribution in [1.29, 1.82) is 0 Å². The van der Waals surface area contributed by atoms with E-state index in [0.29, 0.717) is 6.54 Å². The fourth-order valence-electron chi connectivity index (χ4n) is 2.93. The third-order valence-electron chi connectivity index (χ3n) is 4.19. The lowest BCUT2D eigenvalue weighted by atomic mass is 10.0. The number of Topliss-reactive ketones (excluding diaryl/α,β-unsaturated/α-hetero) is 1. The molecule has 1 saturated heterocycles. The quantitative estimate of drug-likeness (QED) is 0.721. The molecule has 0 N–H and O–H groups in total. The van der Waals surface area contributed by atoms with E-state index in [9.17, 15) is 4.79 Å². The van der Waals surface area contributed by atoms with Crippen LogP contribution in [0.25, 0.3) is 0 Å². The van der Waals surface area contributed by atoms with Crippen molar-refractivity contribution < 1.29 is 4.79 Å². The second kappa shape index (κ2) is 8.30. The van der Waals surface area contributed by atoms with Crippen molar-refractivity contribution in [3.63, 3.8) is 0 Å². The Labute approximate surface area is 128 Å². The van der Waals surface area contributed by atoms with Gasteiger partial charge in [-0.1, -0.05) is 44.5 Å². The first kappa shape index (κ1) is 16.2. The second-order valence-electron chi connectivity index (χ2n) is 5.99. The lowest BCUT2D eigenvalue weighted by Gasteiger charge is -2.34. The molecule has 1 aliphatic rings. The summed E-state index contributed by atoms with van der Waals surface area (Å²) in [5.74, 6) is 0.252. The van der Waals surface area contributed by atoms with Gasteiger partial charge in [0, 0.05) is 31.7 Å². The largest absolute Gasteiger partial charge is 0.301 e. The highest BCUT2D eigenvalue weighted by Crippen LogP contribution is 2.09. The van der Waals surface area contributed by atoms with Gasteiger partial charge in [0.25, 0.3) is 0 Å². The van der Waals surface area contributed by atoms with Crippen molar-refractivity contribution >= 4 is 5.78 Å². The van der Waals surface area contributed by atoms with E-state index in [1.54, 1.807) is 0 Å². The number of nitrogens with zero attached hydrogens (tertiary/aromatic N) is 2. The van der Waals surface area contributed by atoms with Crippen molar-refractivity contribution in [3.05, 3.63) is 35.4 Å². The first-order valence-electron chi connectivity index (χ1n) is 8.29. The van der Waals surface area contributed by atoms with E-state index < -0.39 is 0 Å². The summed E-state index contributed by atoms with van der Waals surface area (Å²) in [4.78, 5) is 17.1. The third kappa shape index (κ3) is 4.94. The molecule has 0 aromatic heterocycles. The molecule has 21 heavy (non-hydrogen) atoms. The molecular weight excluding hydrogens is 260 g/mol. The van der Waals surface area contributed by atoms with Crippen LogP contribution in [-0.4, -0.2) is 54.9 Å². The molecule has 1 aliphatic heterocycles. The van der Waals surface area contributed by atoms with Gasteiger partial charge in [0.1, 0.15) is 0 Å². The Morgan fingerprint density at radius 1 is 0.952 bits per heavy atom. The number of aryl methyl sites for hydroxylation is 1. The first-order valence-corrected chi connectivity index (χ1v) is 8.29. The molecule has 0 amide bonds. The van der Waals surface area contributed by atoms with E-state index in [-0.39, 0.29) is 5.78 Å². The van der Waals surface area contributed by atoms with Crippen LogP contribution in [0.15, 0.2) is 24.3 Å². The fraction of sp³-hybridized carbons (Fsp3) is 0.611. The minimum absolute atomic E-state index is 0.252. The number of hydrogen-bond donors (Lipinski definition) is 0. The highest BCUT2D eigenvalue weighted by molar-refractivity contribution is 5.97. The molecule has 1 heterocycles. The number of rotatable bonds is 7. The zero-order valence-corrected chi connectivity index (χ0v) is 13.5. The van der Waals surface area contributed by atoms with Gasteiger partial charge < -0.3 is 4.90 Å². The fourth-order valence-corrected chi connectivity index (χ4v) is 2.93. The smallest absolute Gasteiger partial charge is 0.176 e. The molecular formula is C18H28N2O. The van der Waals surface area contributed by atoms with Crippen molar-refractivity contribution in [1.82, 2.24) is 9.80 Å². The Kier molecular flexibility index (Phi) is 6.40. The van der Waals surface area contributed by atoms with Crippen molar-refractivity contribution in [2.75, 3.05) is 39.3 Å². The summed E-state index contributed by atoms with van der Waals surface area (Å²) in [5, 5.41) is 0. The number of ketones is 1. The molecule has 0 aliphatic carbocycles. The molecule has 1 fully saturated rings. The van der Waals surface area contributed by atoms with Crippen molar-refractivity contribution in [3.8, 4) is 0 Å². The normalized spacial score (nSPS) is 17.0. The van der Waals surface area contributed by atoms with Crippen LogP contribution in [0.5, 0.6) is 0 Å². The van der Waals surface area contributed by atoms with E-state index in [0.717, 1.165) is 44.6 Å². The van der Waals surface area contributed by atoms with Crippen molar-refractivity contribution in [2.45, 2.75) is 33.1 Å². The Morgan fingerprint density at radius 3 is 2.14 bits per heavy atom. The molecule has 116 valence electrons. The minimum atomic E-state index is 0.252. The molecule has 0 saturated carbocycles. The molecule has 1 aromatic rings. The highest BCUT2D eigenvalue weighted by atomic mass is 16.1. The third-order valence-corrected chi connectivity index (χ3v) is 4.19. The predicted octanol–water partition coefficient (Wildman–Crippen LogP) is 2.85. The second-order valence-corrected chi connectivity index (χ2v) is 5.99. The molecule has 1 aromatic carbocycles. The van der Waals surface area contributed by atoms with Crippen LogP contribution in [0.1, 0.15) is 42.6 Å². The maximum absolute atomic E-state index is 12.3. The minimum Gasteiger partial charge on any atom is -0.301 e. The average Bonchev–Trinajstić information content (AvgIpc) is 2.50. The van der Waals surface area contributed by atoms with Crippen LogP contribution in [0.4, 0.5) is 0 Å². The topological polar surface area (TPSA) is 23.6 Å². The molecule has 0 spiro atoms. The van der Waals surface area contributed by atoms with E-state index in [2.05, 4.69) is 35.8 Å². The molecule has 0 bridgehead atoms. The Bertz CT molecular complexity index is 433. The number of hydrogen-bond acceptors (Lipinski definition) is 3. The summed E-state index contributed by atoms with van der Waals surface area (Å²) in [5.41, 5.74) is 2.17. The van der Waals surface area contributed by atoms with Gasteiger partial charge in [0.2, 0.25) is 0 Å². The van der Waals surface area contributed by atoms with Crippen LogP contribution in [-0.2, 0) is 6.42 Å². The van der Waals surface area contributed by atoms with Gasteiger partial charge in [-0.05, 0) is 24.9 Å². The van der Waals surface area contributed by atoms with E-state index in [4.69, 9.17) is 0 Å². The molecule has 3 nitrogen and oxygen atoms in total. The summed E-state index contributed by atoms with van der Waals surface area (Å²) in [7, 11) is 0. The number of carbonyl (C=O) groups is 1. The van der Waals surface area contributed by atoms with Crippen LogP contribution < -0.4 is 0 Å².